The summed E-state index contributed by atoms with van der Waals surface area (Å²) in [5.41, 5.74) is 5.28. The van der Waals surface area contributed by atoms with Crippen LogP contribution in [0.5, 0.6) is 0 Å². The van der Waals surface area contributed by atoms with E-state index >= 15 is 0 Å². The van der Waals surface area contributed by atoms with E-state index in [-0.39, 0.29) is 38.2 Å². The van der Waals surface area contributed by atoms with Gasteiger partial charge in [0.1, 0.15) is 14.9 Å². The topological polar surface area (TPSA) is 187 Å². The van der Waals surface area contributed by atoms with Gasteiger partial charge in [0.2, 0.25) is 11.8 Å². The molecule has 6 heterocycles. The Morgan fingerprint density at radius 2 is 1.44 bits per heavy atom. The van der Waals surface area contributed by atoms with Gasteiger partial charge in [0.25, 0.3) is 0 Å². The van der Waals surface area contributed by atoms with Gasteiger partial charge >= 0.3 is 0 Å². The number of carbonyl (C=O) groups is 3. The monoisotopic (exact) mass is 1180 g/mol. The van der Waals surface area contributed by atoms with E-state index in [4.69, 9.17) is 0 Å². The minimum absolute atomic E-state index is 0. The van der Waals surface area contributed by atoms with Crippen LogP contribution in [0.25, 0.3) is 22.8 Å². The fourth-order valence-electron chi connectivity index (χ4n) is 7.26. The quantitative estimate of drug-likeness (QED) is 0.0432. The van der Waals surface area contributed by atoms with E-state index in [0.29, 0.717) is 51.0 Å². The molecule has 19 heteroatoms. The van der Waals surface area contributed by atoms with Crippen LogP contribution in [0.4, 0.5) is 5.69 Å². The van der Waals surface area contributed by atoms with Crippen LogP contribution in [0.2, 0.25) is 0 Å². The van der Waals surface area contributed by atoms with Crippen molar-refractivity contribution in [2.24, 2.45) is 5.92 Å². The Balaban J connectivity index is 0.000000318. The maximum atomic E-state index is 13.6. The summed E-state index contributed by atoms with van der Waals surface area (Å²) in [6.07, 6.45) is 16.2. The SMILES string of the molecule is Cc1ccnc(-c2cc(N3CCCC3C(=O)CC(CS(C)(=O)=O)C(=O)NCCCCC(=O)NCCSSc3ccccn3)ccn2)c1.[Ir].[c-]1ccccc1-n1cccn1.[c-]1ccccc1-n1cccn1. The molecular formula is C51H56IrN10O5S3-2. The van der Waals surface area contributed by atoms with Crippen LogP contribution in [0.3, 0.4) is 0 Å². The number of benzene rings is 2. The number of nitrogens with one attached hydrogen (secondary N) is 2. The summed E-state index contributed by atoms with van der Waals surface area (Å²) >= 11 is 0. The van der Waals surface area contributed by atoms with Crippen LogP contribution in [-0.2, 0) is 44.3 Å². The molecule has 1 aliphatic heterocycles. The normalized spacial score (nSPS) is 13.3. The van der Waals surface area contributed by atoms with Gasteiger partial charge in [0.05, 0.1) is 29.1 Å². The molecule has 7 aromatic rings. The minimum atomic E-state index is -3.52. The number of anilines is 1. The molecule has 0 saturated carbocycles. The van der Waals surface area contributed by atoms with Crippen molar-refractivity contribution in [1.29, 1.82) is 0 Å². The molecule has 2 aromatic carbocycles. The maximum absolute atomic E-state index is 13.6. The average Bonchev–Trinajstić information content (AvgIpc) is 4.20. The second-order valence-corrected chi connectivity index (χ2v) is 20.6. The first-order valence-corrected chi connectivity index (χ1v) is 26.9. The van der Waals surface area contributed by atoms with Gasteiger partial charge in [-0.3, -0.25) is 33.7 Å². The Kier molecular flexibility index (Phi) is 23.0. The van der Waals surface area contributed by atoms with Crippen LogP contribution in [0.1, 0.15) is 44.1 Å². The molecule has 15 nitrogen and oxygen atoms in total. The summed E-state index contributed by atoms with van der Waals surface area (Å²) in [6.45, 7) is 3.49. The number of unbranched alkanes of at least 4 members (excludes halogenated alkanes) is 1. The second kappa shape index (κ2) is 29.3. The Hall–Kier alpha value is -5.98. The Bertz CT molecular complexity index is 2670. The number of aromatic nitrogens is 7. The molecule has 0 spiro atoms. The number of para-hydroxylation sites is 2. The van der Waals surface area contributed by atoms with Crippen molar-refractivity contribution in [2.75, 3.05) is 42.3 Å². The first kappa shape index (κ1) is 55.0. The van der Waals surface area contributed by atoms with Crippen molar-refractivity contribution in [2.45, 2.75) is 56.5 Å². The smallest absolute Gasteiger partial charge is 0.224 e. The molecule has 2 N–H and O–H groups in total. The van der Waals surface area contributed by atoms with Gasteiger partial charge in [0.15, 0.2) is 5.78 Å². The number of nitrogens with zero attached hydrogens (tertiary/aromatic N) is 8. The molecule has 1 fully saturated rings. The van der Waals surface area contributed by atoms with E-state index in [9.17, 15) is 22.8 Å². The number of carbonyl (C=O) groups excluding carboxylic acids is 3. The molecule has 0 aliphatic carbocycles. The standard InChI is InChI=1S/C33H42N6O5S3.2C9H7N2.Ir/c1-24-11-15-34-27(20-24)28-22-26(12-16-35-28)39-18-7-8-29(39)30(40)21-25(23-47(2,43)44)33(42)38-14-5-3-9-31(41)36-17-19-45-46-32-10-4-6-13-37-32;2*1-2-5-9(6-3-1)11-8-4-7-10-11;/h4,6,10-13,15-16,20,22,25,29H,3,5,7-9,14,17-19,21,23H2,1-2H3,(H,36,41)(H,38,42);2*1-5,7-8H;/q;2*-1;. The van der Waals surface area contributed by atoms with E-state index in [1.807, 2.05) is 127 Å². The van der Waals surface area contributed by atoms with Gasteiger partial charge in [-0.1, -0.05) is 16.9 Å². The van der Waals surface area contributed by atoms with Crippen molar-refractivity contribution >= 4 is 54.7 Å². The molecule has 70 heavy (non-hydrogen) atoms. The van der Waals surface area contributed by atoms with Gasteiger partial charge < -0.3 is 15.5 Å². The van der Waals surface area contributed by atoms with Gasteiger partial charge in [0, 0.05) is 114 Å². The van der Waals surface area contributed by atoms with Crippen molar-refractivity contribution in [3.8, 4) is 22.8 Å². The van der Waals surface area contributed by atoms with Crippen LogP contribution >= 0.6 is 21.6 Å². The second-order valence-electron chi connectivity index (χ2n) is 16.0. The molecule has 2 atom stereocenters. The number of ketones is 1. The van der Waals surface area contributed by atoms with Crippen LogP contribution < -0.4 is 15.5 Å². The third-order valence-corrected chi connectivity index (χ3v) is 13.8. The number of Topliss-reactive ketones (excluding diaryl/α,β-unsaturated/α-hetero) is 1. The molecule has 1 saturated heterocycles. The van der Waals surface area contributed by atoms with E-state index in [1.165, 1.54) is 0 Å². The fourth-order valence-corrected chi connectivity index (χ4v) is 10.0. The van der Waals surface area contributed by atoms with Crippen LogP contribution in [-0.4, -0.2) is 104 Å². The molecule has 1 radical (unpaired) electrons. The molecule has 5 aromatic heterocycles. The largest absolute Gasteiger partial charge is 0.361 e. The van der Waals surface area contributed by atoms with Crippen molar-refractivity contribution in [3.05, 3.63) is 164 Å². The fraction of sp³-hybridized carbons (Fsp3) is 0.294. The summed E-state index contributed by atoms with van der Waals surface area (Å²) in [7, 11) is -0.339. The Morgan fingerprint density at radius 1 is 0.771 bits per heavy atom. The number of hydrogen-bond donors (Lipinski definition) is 2. The number of hydrogen-bond acceptors (Lipinski definition) is 13. The van der Waals surface area contributed by atoms with Crippen molar-refractivity contribution < 1.29 is 42.9 Å². The maximum Gasteiger partial charge on any atom is 0.224 e. The van der Waals surface area contributed by atoms with E-state index < -0.39 is 33.5 Å². The van der Waals surface area contributed by atoms with Crippen LogP contribution in [0.15, 0.2) is 152 Å². The van der Waals surface area contributed by atoms with Gasteiger partial charge in [-0.15, -0.1) is 12.1 Å². The summed E-state index contributed by atoms with van der Waals surface area (Å²) in [5, 5.41) is 14.8. The molecule has 369 valence electrons. The van der Waals surface area contributed by atoms with E-state index in [2.05, 4.69) is 47.9 Å². The van der Waals surface area contributed by atoms with Gasteiger partial charge in [-0.2, -0.15) is 58.7 Å². The Morgan fingerprint density at radius 3 is 2.04 bits per heavy atom. The number of aryl methyl sites for hydroxylation is 1. The van der Waals surface area contributed by atoms with Gasteiger partial charge in [-0.25, -0.2) is 13.4 Å². The summed E-state index contributed by atoms with van der Waals surface area (Å²) in [6, 6.07) is 38.3. The van der Waals surface area contributed by atoms with E-state index in [1.54, 1.807) is 61.9 Å². The first-order valence-electron chi connectivity index (χ1n) is 22.6. The molecule has 0 bridgehead atoms. The average molecular weight is 1180 g/mol. The number of rotatable bonds is 20. The van der Waals surface area contributed by atoms with Crippen molar-refractivity contribution in [3.63, 3.8) is 0 Å². The molecule has 2 unspecified atom stereocenters. The number of pyridine rings is 3. The predicted octanol–water partition coefficient (Wildman–Crippen LogP) is 7.62. The molecule has 1 aliphatic rings. The molecular weight excluding hydrogens is 1120 g/mol. The van der Waals surface area contributed by atoms with Crippen molar-refractivity contribution in [1.82, 2.24) is 45.1 Å². The summed E-state index contributed by atoms with van der Waals surface area (Å²) in [5.74, 6) is -1.33. The minimum Gasteiger partial charge on any atom is -0.361 e. The molecule has 8 rings (SSSR count). The summed E-state index contributed by atoms with van der Waals surface area (Å²) in [4.78, 5) is 54.0. The zero-order valence-corrected chi connectivity index (χ0v) is 43.8. The van der Waals surface area contributed by atoms with Crippen LogP contribution in [0, 0.1) is 25.0 Å². The van der Waals surface area contributed by atoms with E-state index in [0.717, 1.165) is 51.8 Å². The Labute approximate surface area is 431 Å². The third-order valence-electron chi connectivity index (χ3n) is 10.5. The first-order chi connectivity index (χ1) is 33.5. The zero-order chi connectivity index (χ0) is 48.7. The molecule has 2 amide bonds. The van der Waals surface area contributed by atoms with Gasteiger partial charge in [-0.05, 0) is 109 Å². The third kappa shape index (κ3) is 18.7. The summed E-state index contributed by atoms with van der Waals surface area (Å²) < 4.78 is 28.0. The number of amides is 2. The predicted molar refractivity (Wildman–Crippen MR) is 273 cm³/mol. The zero-order valence-electron chi connectivity index (χ0n) is 39.0. The number of sulfone groups is 1.